The number of nitrogens with two attached hydrogens (primary N) is 1. The fraction of sp³-hybridized carbons (Fsp3) is 0.400. The third kappa shape index (κ3) is 3.30. The molecule has 2 nitrogen and oxygen atoms in total. The molecule has 0 aliphatic carbocycles. The van der Waals surface area contributed by atoms with E-state index in [0.717, 1.165) is 25.0 Å². The van der Waals surface area contributed by atoms with Gasteiger partial charge in [0.25, 0.3) is 0 Å². The number of unbranched alkanes of at least 4 members (excludes halogenated alkanes) is 1. The maximum Gasteiger partial charge on any atom is 0.162 e. The van der Waals surface area contributed by atoms with Gasteiger partial charge in [0, 0.05) is 6.07 Å². The summed E-state index contributed by atoms with van der Waals surface area (Å²) in [5.41, 5.74) is 5.29. The van der Waals surface area contributed by atoms with Crippen LogP contribution < -0.4 is 10.5 Å². The van der Waals surface area contributed by atoms with Gasteiger partial charge in [-0.2, -0.15) is 0 Å². The monoisotopic (exact) mass is 201 g/mol. The standard InChI is InChI=1S/C10H13F2NO/c11-9-4-3-8(7-10(9)12)14-6-2-1-5-13/h3-4,7H,1-2,5-6,13H2. The van der Waals surface area contributed by atoms with Crippen LogP contribution in [0.2, 0.25) is 0 Å². The number of hydrogen-bond acceptors (Lipinski definition) is 2. The number of halogens is 2. The van der Waals surface area contributed by atoms with Gasteiger partial charge in [-0.1, -0.05) is 0 Å². The predicted octanol–water partition coefficient (Wildman–Crippen LogP) is 2.08. The van der Waals surface area contributed by atoms with Crippen molar-refractivity contribution in [1.82, 2.24) is 0 Å². The first-order chi connectivity index (χ1) is 6.74. The lowest BCUT2D eigenvalue weighted by Crippen LogP contribution is -2.03. The second-order valence-electron chi connectivity index (χ2n) is 2.92. The third-order valence-electron chi connectivity index (χ3n) is 1.76. The van der Waals surface area contributed by atoms with E-state index in [4.69, 9.17) is 10.5 Å². The Labute approximate surface area is 81.7 Å². The van der Waals surface area contributed by atoms with Crippen molar-refractivity contribution in [2.24, 2.45) is 5.73 Å². The molecule has 0 fully saturated rings. The molecule has 0 amide bonds. The molecule has 1 aromatic rings. The summed E-state index contributed by atoms with van der Waals surface area (Å²) in [7, 11) is 0. The first-order valence-electron chi connectivity index (χ1n) is 4.52. The van der Waals surface area contributed by atoms with E-state index in [2.05, 4.69) is 0 Å². The van der Waals surface area contributed by atoms with Crippen LogP contribution in [0.5, 0.6) is 5.75 Å². The maximum atomic E-state index is 12.7. The number of ether oxygens (including phenoxy) is 1. The maximum absolute atomic E-state index is 12.7. The molecule has 0 saturated carbocycles. The van der Waals surface area contributed by atoms with Gasteiger partial charge in [0.15, 0.2) is 11.6 Å². The Kier molecular flexibility index (Phi) is 4.32. The van der Waals surface area contributed by atoms with E-state index >= 15 is 0 Å². The molecule has 1 aromatic carbocycles. The van der Waals surface area contributed by atoms with E-state index < -0.39 is 11.6 Å². The van der Waals surface area contributed by atoms with Gasteiger partial charge in [-0.15, -0.1) is 0 Å². The molecule has 0 saturated heterocycles. The number of hydrogen-bond donors (Lipinski definition) is 1. The van der Waals surface area contributed by atoms with Crippen molar-refractivity contribution in [3.05, 3.63) is 29.8 Å². The van der Waals surface area contributed by atoms with Crippen molar-refractivity contribution in [3.63, 3.8) is 0 Å². The van der Waals surface area contributed by atoms with Crippen LogP contribution in [0.3, 0.4) is 0 Å². The molecule has 0 bridgehead atoms. The van der Waals surface area contributed by atoms with Crippen LogP contribution in [0.1, 0.15) is 12.8 Å². The van der Waals surface area contributed by atoms with Gasteiger partial charge in [-0.25, -0.2) is 8.78 Å². The summed E-state index contributed by atoms with van der Waals surface area (Å²) in [4.78, 5) is 0. The van der Waals surface area contributed by atoms with Gasteiger partial charge in [0.1, 0.15) is 5.75 Å². The van der Waals surface area contributed by atoms with E-state index in [1.54, 1.807) is 0 Å². The summed E-state index contributed by atoms with van der Waals surface area (Å²) < 4.78 is 30.4. The topological polar surface area (TPSA) is 35.2 Å². The smallest absolute Gasteiger partial charge is 0.162 e. The number of rotatable bonds is 5. The van der Waals surface area contributed by atoms with E-state index in [1.807, 2.05) is 0 Å². The summed E-state index contributed by atoms with van der Waals surface area (Å²) in [6.45, 7) is 1.09. The minimum atomic E-state index is -0.888. The molecular weight excluding hydrogens is 188 g/mol. The molecule has 4 heteroatoms. The molecular formula is C10H13F2NO. The van der Waals surface area contributed by atoms with Gasteiger partial charge in [-0.3, -0.25) is 0 Å². The van der Waals surface area contributed by atoms with Crippen molar-refractivity contribution in [3.8, 4) is 5.75 Å². The van der Waals surface area contributed by atoms with Crippen LogP contribution in [0, 0.1) is 11.6 Å². The third-order valence-corrected chi connectivity index (χ3v) is 1.76. The Morgan fingerprint density at radius 3 is 2.57 bits per heavy atom. The average molecular weight is 201 g/mol. The Balaban J connectivity index is 2.39. The lowest BCUT2D eigenvalue weighted by Gasteiger charge is -2.05. The first kappa shape index (κ1) is 10.9. The number of benzene rings is 1. The van der Waals surface area contributed by atoms with Crippen LogP contribution >= 0.6 is 0 Å². The molecule has 0 radical (unpaired) electrons. The normalized spacial score (nSPS) is 10.2. The summed E-state index contributed by atoms with van der Waals surface area (Å²) in [6.07, 6.45) is 1.68. The van der Waals surface area contributed by atoms with Crippen molar-refractivity contribution < 1.29 is 13.5 Å². The molecule has 2 N–H and O–H groups in total. The Bertz CT molecular complexity index is 291. The molecule has 0 heterocycles. The molecule has 78 valence electrons. The highest BCUT2D eigenvalue weighted by Gasteiger charge is 2.02. The molecule has 0 spiro atoms. The Morgan fingerprint density at radius 2 is 1.93 bits per heavy atom. The first-order valence-corrected chi connectivity index (χ1v) is 4.52. The Morgan fingerprint density at radius 1 is 1.14 bits per heavy atom. The molecule has 0 atom stereocenters. The van der Waals surface area contributed by atoms with E-state index in [9.17, 15) is 8.78 Å². The second-order valence-corrected chi connectivity index (χ2v) is 2.92. The second kappa shape index (κ2) is 5.54. The van der Waals surface area contributed by atoms with Crippen molar-refractivity contribution >= 4 is 0 Å². The van der Waals surface area contributed by atoms with Crippen molar-refractivity contribution in [2.75, 3.05) is 13.2 Å². The molecule has 0 unspecified atom stereocenters. The van der Waals surface area contributed by atoms with E-state index in [-0.39, 0.29) is 0 Å². The molecule has 0 aliphatic heterocycles. The molecule has 1 rings (SSSR count). The van der Waals surface area contributed by atoms with Crippen molar-refractivity contribution in [1.29, 1.82) is 0 Å². The van der Waals surface area contributed by atoms with Crippen LogP contribution in [0.4, 0.5) is 8.78 Å². The largest absolute Gasteiger partial charge is 0.493 e. The fourth-order valence-electron chi connectivity index (χ4n) is 1.00. The van der Waals surface area contributed by atoms with E-state index in [1.165, 1.54) is 6.07 Å². The lowest BCUT2D eigenvalue weighted by atomic mass is 10.3. The lowest BCUT2D eigenvalue weighted by molar-refractivity contribution is 0.305. The zero-order valence-electron chi connectivity index (χ0n) is 7.80. The molecule has 14 heavy (non-hydrogen) atoms. The summed E-state index contributed by atoms with van der Waals surface area (Å²) in [6, 6.07) is 3.49. The van der Waals surface area contributed by atoms with Crippen LogP contribution in [0.25, 0.3) is 0 Å². The Hall–Kier alpha value is -1.16. The van der Waals surface area contributed by atoms with Gasteiger partial charge < -0.3 is 10.5 Å². The quantitative estimate of drug-likeness (QED) is 0.740. The SMILES string of the molecule is NCCCCOc1ccc(F)c(F)c1. The summed E-state index contributed by atoms with van der Waals surface area (Å²) in [5, 5.41) is 0. The highest BCUT2D eigenvalue weighted by atomic mass is 19.2. The van der Waals surface area contributed by atoms with E-state index in [0.29, 0.717) is 18.9 Å². The van der Waals surface area contributed by atoms with Crippen LogP contribution in [-0.2, 0) is 0 Å². The zero-order valence-corrected chi connectivity index (χ0v) is 7.80. The van der Waals surface area contributed by atoms with Crippen LogP contribution in [0.15, 0.2) is 18.2 Å². The summed E-state index contributed by atoms with van der Waals surface area (Å²) >= 11 is 0. The average Bonchev–Trinajstić information content (AvgIpc) is 2.18. The highest BCUT2D eigenvalue weighted by Crippen LogP contribution is 2.15. The van der Waals surface area contributed by atoms with Crippen LogP contribution in [-0.4, -0.2) is 13.2 Å². The van der Waals surface area contributed by atoms with Gasteiger partial charge in [0.05, 0.1) is 6.61 Å². The highest BCUT2D eigenvalue weighted by molar-refractivity contribution is 5.23. The molecule has 0 aromatic heterocycles. The van der Waals surface area contributed by atoms with Crippen molar-refractivity contribution in [2.45, 2.75) is 12.8 Å². The molecule has 0 aliphatic rings. The predicted molar refractivity (Wildman–Crippen MR) is 50.1 cm³/mol. The zero-order chi connectivity index (χ0) is 10.4. The minimum absolute atomic E-state index is 0.348. The van der Waals surface area contributed by atoms with Gasteiger partial charge in [-0.05, 0) is 31.5 Å². The van der Waals surface area contributed by atoms with Gasteiger partial charge in [0.2, 0.25) is 0 Å². The fourth-order valence-corrected chi connectivity index (χ4v) is 1.00. The summed E-state index contributed by atoms with van der Waals surface area (Å²) in [5.74, 6) is -1.40. The van der Waals surface area contributed by atoms with Gasteiger partial charge >= 0.3 is 0 Å². The minimum Gasteiger partial charge on any atom is -0.493 e.